The first-order chi connectivity index (χ1) is 9.38. The Labute approximate surface area is 119 Å². The van der Waals surface area contributed by atoms with Crippen LogP contribution < -0.4 is 5.32 Å². The summed E-state index contributed by atoms with van der Waals surface area (Å²) in [7, 11) is -1.35. The Morgan fingerprint density at radius 2 is 2.30 bits per heavy atom. The molecular weight excluding hydrogens is 282 g/mol. The minimum Gasteiger partial charge on any atom is -0.370 e. The van der Waals surface area contributed by atoms with Crippen molar-refractivity contribution in [2.45, 2.75) is 38.3 Å². The summed E-state index contributed by atoms with van der Waals surface area (Å²) < 4.78 is 33.8. The molecular formula is C12H21N3O4S. The van der Waals surface area contributed by atoms with Gasteiger partial charge in [0.15, 0.2) is 9.84 Å². The third-order valence-electron chi connectivity index (χ3n) is 3.79. The zero-order chi connectivity index (χ0) is 14.8. The van der Waals surface area contributed by atoms with Crippen molar-refractivity contribution >= 4 is 9.84 Å². The number of hydrogen-bond donors (Lipinski definition) is 1. The highest BCUT2D eigenvalue weighted by Gasteiger charge is 2.31. The number of nitrogens with zero attached hydrogens (tertiary/aromatic N) is 2. The number of sulfone groups is 1. The fourth-order valence-electron chi connectivity index (χ4n) is 2.16. The van der Waals surface area contributed by atoms with Crippen LogP contribution in [0.4, 0.5) is 0 Å². The quantitative estimate of drug-likeness (QED) is 0.834. The molecule has 2 atom stereocenters. The van der Waals surface area contributed by atoms with Crippen LogP contribution in [0.15, 0.2) is 4.52 Å². The highest BCUT2D eigenvalue weighted by Crippen LogP contribution is 2.25. The van der Waals surface area contributed by atoms with Gasteiger partial charge in [0.2, 0.25) is 11.7 Å². The van der Waals surface area contributed by atoms with E-state index in [-0.39, 0.29) is 17.5 Å². The van der Waals surface area contributed by atoms with E-state index < -0.39 is 15.4 Å². The maximum atomic E-state index is 11.6. The van der Waals surface area contributed by atoms with Gasteiger partial charge in [0.25, 0.3) is 0 Å². The molecule has 7 nitrogen and oxygen atoms in total. The summed E-state index contributed by atoms with van der Waals surface area (Å²) in [6, 6.07) is -0.169. The summed E-state index contributed by atoms with van der Waals surface area (Å²) in [5.74, 6) is 1.23. The zero-order valence-electron chi connectivity index (χ0n) is 12.0. The third kappa shape index (κ3) is 3.36. The largest absolute Gasteiger partial charge is 0.370 e. The molecule has 0 saturated carbocycles. The Hall–Kier alpha value is -0.990. The van der Waals surface area contributed by atoms with Gasteiger partial charge in [0.05, 0.1) is 11.5 Å². The Morgan fingerprint density at radius 3 is 2.90 bits per heavy atom. The summed E-state index contributed by atoms with van der Waals surface area (Å²) in [6.45, 7) is 4.35. The predicted molar refractivity (Wildman–Crippen MR) is 73.1 cm³/mol. The molecule has 2 rings (SSSR count). The van der Waals surface area contributed by atoms with E-state index in [1.54, 1.807) is 7.11 Å². The van der Waals surface area contributed by atoms with E-state index in [4.69, 9.17) is 9.26 Å². The topological polar surface area (TPSA) is 94.3 Å². The summed E-state index contributed by atoms with van der Waals surface area (Å²) >= 11 is 0. The van der Waals surface area contributed by atoms with Crippen LogP contribution in [0.25, 0.3) is 0 Å². The maximum absolute atomic E-state index is 11.6. The summed E-state index contributed by atoms with van der Waals surface area (Å²) in [4.78, 5) is 4.33. The molecule has 0 spiro atoms. The van der Waals surface area contributed by atoms with Gasteiger partial charge in [-0.25, -0.2) is 8.42 Å². The monoisotopic (exact) mass is 303 g/mol. The van der Waals surface area contributed by atoms with Crippen molar-refractivity contribution < 1.29 is 17.7 Å². The lowest BCUT2D eigenvalue weighted by Gasteiger charge is -2.22. The summed E-state index contributed by atoms with van der Waals surface area (Å²) in [6.07, 6.45) is 1.13. The van der Waals surface area contributed by atoms with Crippen molar-refractivity contribution in [2.75, 3.05) is 25.2 Å². The average Bonchev–Trinajstić information content (AvgIpc) is 2.85. The second-order valence-corrected chi connectivity index (χ2v) is 7.50. The van der Waals surface area contributed by atoms with Crippen LogP contribution >= 0.6 is 0 Å². The second kappa shape index (κ2) is 5.79. The molecule has 1 aromatic rings. The smallest absolute Gasteiger partial charge is 0.228 e. The van der Waals surface area contributed by atoms with Gasteiger partial charge in [-0.15, -0.1) is 0 Å². The first kappa shape index (κ1) is 15.4. The molecule has 0 radical (unpaired) electrons. The van der Waals surface area contributed by atoms with Gasteiger partial charge < -0.3 is 14.6 Å². The molecule has 0 bridgehead atoms. The van der Waals surface area contributed by atoms with Gasteiger partial charge >= 0.3 is 0 Å². The highest BCUT2D eigenvalue weighted by atomic mass is 32.2. The Morgan fingerprint density at radius 1 is 1.55 bits per heavy atom. The van der Waals surface area contributed by atoms with Gasteiger partial charge in [-0.1, -0.05) is 12.1 Å². The minimum atomic E-state index is -2.96. The van der Waals surface area contributed by atoms with Crippen LogP contribution in [-0.2, 0) is 26.6 Å². The van der Waals surface area contributed by atoms with Gasteiger partial charge in [-0.3, -0.25) is 0 Å². The number of ether oxygens (including phenoxy) is 1. The van der Waals surface area contributed by atoms with E-state index in [1.807, 2.05) is 13.8 Å². The van der Waals surface area contributed by atoms with Crippen LogP contribution in [0.3, 0.4) is 0 Å². The van der Waals surface area contributed by atoms with Crippen LogP contribution in [0.2, 0.25) is 0 Å². The number of aromatic nitrogens is 2. The molecule has 1 N–H and O–H groups in total. The van der Waals surface area contributed by atoms with E-state index in [2.05, 4.69) is 15.5 Å². The van der Waals surface area contributed by atoms with Crippen molar-refractivity contribution in [1.82, 2.24) is 15.5 Å². The van der Waals surface area contributed by atoms with Crippen molar-refractivity contribution in [3.63, 3.8) is 0 Å². The minimum absolute atomic E-state index is 0.111. The molecule has 2 heterocycles. The van der Waals surface area contributed by atoms with Gasteiger partial charge in [-0.05, 0) is 13.3 Å². The third-order valence-corrected chi connectivity index (χ3v) is 5.52. The first-order valence-electron chi connectivity index (χ1n) is 6.70. The molecule has 1 aliphatic heterocycles. The molecule has 1 aromatic heterocycles. The zero-order valence-corrected chi connectivity index (χ0v) is 12.9. The van der Waals surface area contributed by atoms with Crippen molar-refractivity contribution in [3.8, 4) is 0 Å². The van der Waals surface area contributed by atoms with E-state index in [1.165, 1.54) is 0 Å². The molecule has 1 saturated heterocycles. The molecule has 8 heteroatoms. The molecule has 2 unspecified atom stereocenters. The molecule has 20 heavy (non-hydrogen) atoms. The first-order valence-corrected chi connectivity index (χ1v) is 8.52. The molecule has 1 aliphatic rings. The highest BCUT2D eigenvalue weighted by molar-refractivity contribution is 7.91. The van der Waals surface area contributed by atoms with Crippen LogP contribution in [0, 0.1) is 0 Å². The lowest BCUT2D eigenvalue weighted by molar-refractivity contribution is -0.0106. The molecule has 1 fully saturated rings. The summed E-state index contributed by atoms with van der Waals surface area (Å²) in [5.41, 5.74) is -0.576. The summed E-state index contributed by atoms with van der Waals surface area (Å²) in [5, 5.41) is 7.10. The second-order valence-electron chi connectivity index (χ2n) is 5.27. The Bertz CT molecular complexity index is 551. The predicted octanol–water partition coefficient (Wildman–Crippen LogP) is 0.270. The van der Waals surface area contributed by atoms with Crippen molar-refractivity contribution in [2.24, 2.45) is 0 Å². The average molecular weight is 303 g/mol. The van der Waals surface area contributed by atoms with Crippen LogP contribution in [-0.4, -0.2) is 49.8 Å². The number of rotatable bonds is 5. The molecule has 0 amide bonds. The lowest BCUT2D eigenvalue weighted by Crippen LogP contribution is -2.46. The molecule has 0 aromatic carbocycles. The van der Waals surface area contributed by atoms with Crippen molar-refractivity contribution in [1.29, 1.82) is 0 Å². The van der Waals surface area contributed by atoms with Gasteiger partial charge in [0.1, 0.15) is 5.60 Å². The SMILES string of the molecule is CCC(C)(OC)c1noc(CC2CS(=O)(=O)CCN2)n1. The molecule has 0 aliphatic carbocycles. The van der Waals surface area contributed by atoms with E-state index in [0.717, 1.165) is 6.42 Å². The standard InChI is InChI=1S/C12H21N3O4S/c1-4-12(2,18-3)11-14-10(19-15-11)7-9-8-20(16,17)6-5-13-9/h9,13H,4-8H2,1-3H3. The Kier molecular flexibility index (Phi) is 4.46. The number of nitrogens with one attached hydrogen (secondary N) is 1. The molecule has 114 valence electrons. The normalized spacial score (nSPS) is 25.2. The van der Waals surface area contributed by atoms with E-state index in [0.29, 0.717) is 24.7 Å². The maximum Gasteiger partial charge on any atom is 0.228 e. The fraction of sp³-hybridized carbons (Fsp3) is 0.833. The number of hydrogen-bond acceptors (Lipinski definition) is 7. The fourth-order valence-corrected chi connectivity index (χ4v) is 3.60. The van der Waals surface area contributed by atoms with E-state index >= 15 is 0 Å². The van der Waals surface area contributed by atoms with Gasteiger partial charge in [-0.2, -0.15) is 4.98 Å². The van der Waals surface area contributed by atoms with Crippen LogP contribution in [0.5, 0.6) is 0 Å². The van der Waals surface area contributed by atoms with Crippen molar-refractivity contribution in [3.05, 3.63) is 11.7 Å². The van der Waals surface area contributed by atoms with Gasteiger partial charge in [0, 0.05) is 26.1 Å². The van der Waals surface area contributed by atoms with Crippen LogP contribution in [0.1, 0.15) is 32.0 Å². The lowest BCUT2D eigenvalue weighted by atomic mass is 10.0. The number of methoxy groups -OCH3 is 1. The Balaban J connectivity index is 2.06. The van der Waals surface area contributed by atoms with E-state index in [9.17, 15) is 8.42 Å².